The summed E-state index contributed by atoms with van der Waals surface area (Å²) in [4.78, 5) is 0. The number of halogens is 2. The first-order chi connectivity index (χ1) is 6.97. The van der Waals surface area contributed by atoms with Gasteiger partial charge in [-0.25, -0.2) is 0 Å². The zero-order valence-corrected chi connectivity index (χ0v) is 10.5. The van der Waals surface area contributed by atoms with Crippen molar-refractivity contribution >= 4 is 31.9 Å². The molecule has 0 aliphatic rings. The smallest absolute Gasteiger partial charge is 0.170 e. The maximum absolute atomic E-state index is 9.59. The first-order valence-corrected chi connectivity index (χ1v) is 5.49. The van der Waals surface area contributed by atoms with Gasteiger partial charge >= 0.3 is 0 Å². The number of aliphatic hydroxyl groups excluding tert-OH is 2. The van der Waals surface area contributed by atoms with Crippen molar-refractivity contribution in [2.24, 2.45) is 0 Å². The van der Waals surface area contributed by atoms with E-state index in [9.17, 15) is 10.2 Å². The number of phenolic OH excluding ortho intramolecular Hbond substituents is 1. The van der Waals surface area contributed by atoms with Gasteiger partial charge in [-0.1, -0.05) is 15.9 Å². The molecular weight excluding hydrogens is 330 g/mol. The van der Waals surface area contributed by atoms with Crippen LogP contribution in [0.2, 0.25) is 0 Å². The number of hydrogen-bond acceptors (Lipinski definition) is 4. The third-order valence-corrected chi connectivity index (χ3v) is 2.87. The van der Waals surface area contributed by atoms with Gasteiger partial charge in [-0.15, -0.1) is 0 Å². The molecule has 1 aromatic carbocycles. The van der Waals surface area contributed by atoms with Crippen LogP contribution in [0.15, 0.2) is 21.1 Å². The summed E-state index contributed by atoms with van der Waals surface area (Å²) in [5, 5.41) is 36.7. The number of aromatic hydroxyl groups is 1. The quantitative estimate of drug-likeness (QED) is 0.719. The van der Waals surface area contributed by atoms with E-state index in [2.05, 4.69) is 31.9 Å². The molecular formula is C9H7Br2NO3. The van der Waals surface area contributed by atoms with Gasteiger partial charge in [-0.3, -0.25) is 0 Å². The molecule has 2 unspecified atom stereocenters. The van der Waals surface area contributed by atoms with E-state index in [0.717, 1.165) is 0 Å². The summed E-state index contributed by atoms with van der Waals surface area (Å²) in [6, 6.07) is 4.52. The highest BCUT2D eigenvalue weighted by Gasteiger charge is 2.22. The van der Waals surface area contributed by atoms with E-state index in [-0.39, 0.29) is 11.3 Å². The third-order valence-electron chi connectivity index (χ3n) is 1.81. The Labute approximate surface area is 103 Å². The highest BCUT2D eigenvalue weighted by molar-refractivity contribution is 9.11. The molecule has 6 heteroatoms. The van der Waals surface area contributed by atoms with E-state index in [4.69, 9.17) is 10.4 Å². The van der Waals surface area contributed by atoms with E-state index >= 15 is 0 Å². The highest BCUT2D eigenvalue weighted by Crippen LogP contribution is 2.36. The van der Waals surface area contributed by atoms with E-state index in [1.165, 1.54) is 12.1 Å². The Kier molecular flexibility index (Phi) is 4.11. The molecule has 0 aliphatic heterocycles. The maximum atomic E-state index is 9.59. The van der Waals surface area contributed by atoms with E-state index in [0.29, 0.717) is 8.95 Å². The Bertz CT molecular complexity index is 417. The van der Waals surface area contributed by atoms with Crippen LogP contribution in [0.25, 0.3) is 0 Å². The van der Waals surface area contributed by atoms with Crippen LogP contribution in [0.3, 0.4) is 0 Å². The van der Waals surface area contributed by atoms with Crippen molar-refractivity contribution in [3.63, 3.8) is 0 Å². The monoisotopic (exact) mass is 335 g/mol. The van der Waals surface area contributed by atoms with Crippen LogP contribution < -0.4 is 0 Å². The van der Waals surface area contributed by atoms with Gasteiger partial charge in [0, 0.05) is 10.0 Å². The zero-order chi connectivity index (χ0) is 11.6. The van der Waals surface area contributed by atoms with Crippen molar-refractivity contribution in [2.75, 3.05) is 0 Å². The summed E-state index contributed by atoms with van der Waals surface area (Å²) in [6.07, 6.45) is -3.01. The molecule has 0 saturated carbocycles. The normalized spacial score (nSPS) is 14.3. The Morgan fingerprint density at radius 2 is 1.87 bits per heavy atom. The second kappa shape index (κ2) is 4.94. The lowest BCUT2D eigenvalue weighted by Crippen LogP contribution is -2.16. The average Bonchev–Trinajstić information content (AvgIpc) is 2.21. The van der Waals surface area contributed by atoms with Gasteiger partial charge in [-0.05, 0) is 28.1 Å². The SMILES string of the molecule is N#CC(O)C(O)c1cc(Br)cc(Br)c1O. The summed E-state index contributed by atoms with van der Waals surface area (Å²) in [6.45, 7) is 0. The second-order valence-electron chi connectivity index (χ2n) is 2.84. The Morgan fingerprint density at radius 1 is 1.27 bits per heavy atom. The van der Waals surface area contributed by atoms with Gasteiger partial charge < -0.3 is 15.3 Å². The van der Waals surface area contributed by atoms with Crippen LogP contribution >= 0.6 is 31.9 Å². The van der Waals surface area contributed by atoms with Crippen LogP contribution in [-0.2, 0) is 0 Å². The van der Waals surface area contributed by atoms with Gasteiger partial charge in [0.1, 0.15) is 11.9 Å². The summed E-state index contributed by atoms with van der Waals surface area (Å²) in [5.74, 6) is -0.194. The van der Waals surface area contributed by atoms with Crippen molar-refractivity contribution in [2.45, 2.75) is 12.2 Å². The van der Waals surface area contributed by atoms with Crippen molar-refractivity contribution in [1.82, 2.24) is 0 Å². The van der Waals surface area contributed by atoms with Crippen molar-refractivity contribution in [3.8, 4) is 11.8 Å². The molecule has 0 fully saturated rings. The van der Waals surface area contributed by atoms with Gasteiger partial charge in [0.2, 0.25) is 0 Å². The van der Waals surface area contributed by atoms with Crippen LogP contribution in [-0.4, -0.2) is 21.4 Å². The number of benzene rings is 1. The molecule has 0 amide bonds. The Morgan fingerprint density at radius 3 is 2.40 bits per heavy atom. The van der Waals surface area contributed by atoms with Gasteiger partial charge in [0.05, 0.1) is 10.5 Å². The fourth-order valence-corrected chi connectivity index (χ4v) is 2.31. The fraction of sp³-hybridized carbons (Fsp3) is 0.222. The van der Waals surface area contributed by atoms with Gasteiger partial charge in [-0.2, -0.15) is 5.26 Å². The minimum Gasteiger partial charge on any atom is -0.506 e. The molecule has 0 aromatic heterocycles. The van der Waals surface area contributed by atoms with Gasteiger partial charge in [0.15, 0.2) is 6.10 Å². The molecule has 15 heavy (non-hydrogen) atoms. The summed E-state index contributed by atoms with van der Waals surface area (Å²) in [5.41, 5.74) is 0.0882. The zero-order valence-electron chi connectivity index (χ0n) is 7.35. The molecule has 3 N–H and O–H groups in total. The molecule has 0 heterocycles. The largest absolute Gasteiger partial charge is 0.506 e. The summed E-state index contributed by atoms with van der Waals surface area (Å²) < 4.78 is 0.988. The molecule has 1 rings (SSSR count). The fourth-order valence-electron chi connectivity index (χ4n) is 1.05. The van der Waals surface area contributed by atoms with E-state index < -0.39 is 12.2 Å². The van der Waals surface area contributed by atoms with Crippen molar-refractivity contribution < 1.29 is 15.3 Å². The number of aliphatic hydroxyl groups is 2. The topological polar surface area (TPSA) is 84.5 Å². The molecule has 4 nitrogen and oxygen atoms in total. The number of phenols is 1. The molecule has 2 atom stereocenters. The predicted molar refractivity (Wildman–Crippen MR) is 60.1 cm³/mol. The predicted octanol–water partition coefficient (Wildman–Crippen LogP) is 1.84. The molecule has 80 valence electrons. The summed E-state index contributed by atoms with van der Waals surface area (Å²) >= 11 is 6.25. The first kappa shape index (κ1) is 12.5. The van der Waals surface area contributed by atoms with Crippen molar-refractivity contribution in [3.05, 3.63) is 26.6 Å². The Hall–Kier alpha value is -0.610. The number of hydrogen-bond donors (Lipinski definition) is 3. The average molecular weight is 337 g/mol. The second-order valence-corrected chi connectivity index (χ2v) is 4.61. The van der Waals surface area contributed by atoms with Crippen LogP contribution in [0, 0.1) is 11.3 Å². The van der Waals surface area contributed by atoms with Crippen LogP contribution in [0.4, 0.5) is 0 Å². The lowest BCUT2D eigenvalue weighted by molar-refractivity contribution is 0.0510. The lowest BCUT2D eigenvalue weighted by Gasteiger charge is -2.14. The maximum Gasteiger partial charge on any atom is 0.170 e. The molecule has 1 aromatic rings. The minimum absolute atomic E-state index is 0.0882. The third kappa shape index (κ3) is 2.69. The minimum atomic E-state index is -1.57. The number of rotatable bonds is 2. The first-order valence-electron chi connectivity index (χ1n) is 3.91. The van der Waals surface area contributed by atoms with E-state index in [1.54, 1.807) is 6.07 Å². The van der Waals surface area contributed by atoms with E-state index in [1.807, 2.05) is 0 Å². The number of nitriles is 1. The standard InChI is InChI=1S/C9H7Br2NO3/c10-4-1-5(8(14)6(11)2-4)9(15)7(13)3-12/h1-2,7,9,13-15H. The molecule has 0 radical (unpaired) electrons. The van der Waals surface area contributed by atoms with Crippen molar-refractivity contribution in [1.29, 1.82) is 5.26 Å². The number of nitrogens with zero attached hydrogens (tertiary/aromatic N) is 1. The molecule has 0 bridgehead atoms. The molecule has 0 spiro atoms. The van der Waals surface area contributed by atoms with Gasteiger partial charge in [0.25, 0.3) is 0 Å². The summed E-state index contributed by atoms with van der Waals surface area (Å²) in [7, 11) is 0. The van der Waals surface area contributed by atoms with Crippen LogP contribution in [0.1, 0.15) is 11.7 Å². The highest BCUT2D eigenvalue weighted by atomic mass is 79.9. The molecule has 0 saturated heterocycles. The Balaban J connectivity index is 3.20. The lowest BCUT2D eigenvalue weighted by atomic mass is 10.0. The molecule has 0 aliphatic carbocycles. The van der Waals surface area contributed by atoms with Crippen LogP contribution in [0.5, 0.6) is 5.75 Å².